The molecule has 1 aliphatic carbocycles. The van der Waals surface area contributed by atoms with Crippen molar-refractivity contribution in [2.45, 2.75) is 65.3 Å². The SMILES string of the molecule is CCCC/C(=C\c1ccc(OC)c2c1CCCC2)Cn1ccnc1C. The van der Waals surface area contributed by atoms with Crippen molar-refractivity contribution in [1.82, 2.24) is 9.55 Å². The minimum Gasteiger partial charge on any atom is -0.496 e. The maximum atomic E-state index is 5.61. The molecular formula is C22H30N2O. The minimum absolute atomic E-state index is 0.937. The molecule has 0 amide bonds. The molecular weight excluding hydrogens is 308 g/mol. The van der Waals surface area contributed by atoms with E-state index in [4.69, 9.17) is 4.74 Å². The molecule has 0 unspecified atom stereocenters. The number of hydrogen-bond donors (Lipinski definition) is 0. The molecule has 134 valence electrons. The normalized spacial score (nSPS) is 14.4. The van der Waals surface area contributed by atoms with Crippen LogP contribution in [0.25, 0.3) is 6.08 Å². The third-order valence-corrected chi connectivity index (χ3v) is 5.26. The van der Waals surface area contributed by atoms with Gasteiger partial charge in [-0.15, -0.1) is 0 Å². The Hall–Kier alpha value is -2.03. The fourth-order valence-corrected chi connectivity index (χ4v) is 3.80. The topological polar surface area (TPSA) is 27.1 Å². The lowest BCUT2D eigenvalue weighted by atomic mass is 9.86. The predicted molar refractivity (Wildman–Crippen MR) is 104 cm³/mol. The van der Waals surface area contributed by atoms with E-state index in [-0.39, 0.29) is 0 Å². The fourth-order valence-electron chi connectivity index (χ4n) is 3.80. The van der Waals surface area contributed by atoms with Gasteiger partial charge in [0.25, 0.3) is 0 Å². The Morgan fingerprint density at radius 3 is 2.72 bits per heavy atom. The Bertz CT molecular complexity index is 742. The molecule has 0 saturated heterocycles. The summed E-state index contributed by atoms with van der Waals surface area (Å²) in [6.07, 6.45) is 14.9. The number of aromatic nitrogens is 2. The summed E-state index contributed by atoms with van der Waals surface area (Å²) in [5.74, 6) is 2.14. The summed E-state index contributed by atoms with van der Waals surface area (Å²) in [5.41, 5.74) is 5.80. The van der Waals surface area contributed by atoms with E-state index in [1.807, 2.05) is 6.20 Å². The van der Waals surface area contributed by atoms with Gasteiger partial charge in [-0.2, -0.15) is 0 Å². The number of ether oxygens (including phenoxy) is 1. The third-order valence-electron chi connectivity index (χ3n) is 5.26. The van der Waals surface area contributed by atoms with Gasteiger partial charge < -0.3 is 9.30 Å². The first kappa shape index (κ1) is 17.8. The van der Waals surface area contributed by atoms with E-state index in [2.05, 4.69) is 47.8 Å². The molecule has 1 heterocycles. The van der Waals surface area contributed by atoms with Gasteiger partial charge in [-0.05, 0) is 73.8 Å². The Kier molecular flexibility index (Phi) is 5.95. The predicted octanol–water partition coefficient (Wildman–Crippen LogP) is 5.35. The summed E-state index contributed by atoms with van der Waals surface area (Å²) in [7, 11) is 1.79. The van der Waals surface area contributed by atoms with Crippen LogP contribution in [0.3, 0.4) is 0 Å². The molecule has 0 radical (unpaired) electrons. The summed E-state index contributed by atoms with van der Waals surface area (Å²) in [4.78, 5) is 4.37. The van der Waals surface area contributed by atoms with Crippen LogP contribution in [0, 0.1) is 6.92 Å². The number of methoxy groups -OCH3 is 1. The van der Waals surface area contributed by atoms with Crippen molar-refractivity contribution in [3.8, 4) is 5.75 Å². The summed E-state index contributed by atoms with van der Waals surface area (Å²) < 4.78 is 7.85. The number of allylic oxidation sites excluding steroid dienone is 1. The highest BCUT2D eigenvalue weighted by molar-refractivity contribution is 5.62. The molecule has 0 spiro atoms. The van der Waals surface area contributed by atoms with Crippen LogP contribution < -0.4 is 4.74 Å². The standard InChI is InChI=1S/C22H30N2O/c1-4-5-8-18(16-24-14-13-23-17(24)2)15-19-11-12-22(25-3)21-10-7-6-9-20(19)21/h11-15H,4-10,16H2,1-3H3/b18-15+. The van der Waals surface area contributed by atoms with Gasteiger partial charge in [0, 0.05) is 18.9 Å². The number of nitrogens with zero attached hydrogens (tertiary/aromatic N) is 2. The molecule has 0 saturated carbocycles. The molecule has 3 rings (SSSR count). The largest absolute Gasteiger partial charge is 0.496 e. The lowest BCUT2D eigenvalue weighted by Crippen LogP contribution is -2.08. The summed E-state index contributed by atoms with van der Waals surface area (Å²) >= 11 is 0. The Labute approximate surface area is 151 Å². The van der Waals surface area contributed by atoms with E-state index < -0.39 is 0 Å². The van der Waals surface area contributed by atoms with Gasteiger partial charge in [0.2, 0.25) is 0 Å². The molecule has 2 aromatic rings. The van der Waals surface area contributed by atoms with Crippen molar-refractivity contribution in [2.24, 2.45) is 0 Å². The lowest BCUT2D eigenvalue weighted by molar-refractivity contribution is 0.406. The maximum absolute atomic E-state index is 5.61. The van der Waals surface area contributed by atoms with Crippen molar-refractivity contribution in [3.63, 3.8) is 0 Å². The molecule has 25 heavy (non-hydrogen) atoms. The van der Waals surface area contributed by atoms with Crippen molar-refractivity contribution in [2.75, 3.05) is 7.11 Å². The molecule has 1 aromatic heterocycles. The quantitative estimate of drug-likeness (QED) is 0.680. The number of imidazole rings is 1. The van der Waals surface area contributed by atoms with Gasteiger partial charge in [-0.3, -0.25) is 0 Å². The number of hydrogen-bond acceptors (Lipinski definition) is 2. The molecule has 3 nitrogen and oxygen atoms in total. The van der Waals surface area contributed by atoms with Crippen molar-refractivity contribution in [1.29, 1.82) is 0 Å². The van der Waals surface area contributed by atoms with Gasteiger partial charge in [-0.1, -0.05) is 25.5 Å². The molecule has 0 fully saturated rings. The van der Waals surface area contributed by atoms with E-state index >= 15 is 0 Å². The number of unbranched alkanes of at least 4 members (excludes halogenated alkanes) is 1. The third kappa shape index (κ3) is 4.15. The lowest BCUT2D eigenvalue weighted by Gasteiger charge is -2.21. The number of rotatable bonds is 7. The zero-order chi connectivity index (χ0) is 17.6. The van der Waals surface area contributed by atoms with Gasteiger partial charge in [-0.25, -0.2) is 4.98 Å². The monoisotopic (exact) mass is 338 g/mol. The van der Waals surface area contributed by atoms with Crippen LogP contribution in [-0.4, -0.2) is 16.7 Å². The van der Waals surface area contributed by atoms with Crippen LogP contribution in [0.1, 0.15) is 61.5 Å². The molecule has 0 bridgehead atoms. The van der Waals surface area contributed by atoms with Gasteiger partial charge in [0.15, 0.2) is 0 Å². The average molecular weight is 338 g/mol. The maximum Gasteiger partial charge on any atom is 0.122 e. The van der Waals surface area contributed by atoms with Crippen LogP contribution in [0.4, 0.5) is 0 Å². The molecule has 1 aliphatic rings. The first-order valence-electron chi connectivity index (χ1n) is 9.58. The smallest absolute Gasteiger partial charge is 0.122 e. The zero-order valence-corrected chi connectivity index (χ0v) is 15.8. The van der Waals surface area contributed by atoms with Crippen LogP contribution >= 0.6 is 0 Å². The van der Waals surface area contributed by atoms with Gasteiger partial charge in [0.05, 0.1) is 7.11 Å². The van der Waals surface area contributed by atoms with Crippen LogP contribution in [-0.2, 0) is 19.4 Å². The van der Waals surface area contributed by atoms with Crippen LogP contribution in [0.15, 0.2) is 30.1 Å². The number of fused-ring (bicyclic) bond motifs is 1. The molecule has 0 N–H and O–H groups in total. The Balaban J connectivity index is 1.95. The average Bonchev–Trinajstić information content (AvgIpc) is 3.04. The summed E-state index contributed by atoms with van der Waals surface area (Å²) in [6, 6.07) is 4.39. The molecule has 3 heteroatoms. The first-order chi connectivity index (χ1) is 12.2. The highest BCUT2D eigenvalue weighted by Crippen LogP contribution is 2.33. The molecule has 0 aliphatic heterocycles. The second-order valence-corrected chi connectivity index (χ2v) is 7.03. The highest BCUT2D eigenvalue weighted by atomic mass is 16.5. The first-order valence-corrected chi connectivity index (χ1v) is 9.58. The molecule has 0 atom stereocenters. The van der Waals surface area contributed by atoms with Crippen molar-refractivity contribution in [3.05, 3.63) is 52.6 Å². The van der Waals surface area contributed by atoms with Gasteiger partial charge in [0.1, 0.15) is 11.6 Å². The number of benzene rings is 1. The fraction of sp³-hybridized carbons (Fsp3) is 0.500. The van der Waals surface area contributed by atoms with E-state index in [0.717, 1.165) is 31.0 Å². The van der Waals surface area contributed by atoms with Crippen LogP contribution in [0.5, 0.6) is 5.75 Å². The summed E-state index contributed by atoms with van der Waals surface area (Å²) in [5, 5.41) is 0. The van der Waals surface area contributed by atoms with E-state index in [0.29, 0.717) is 0 Å². The second kappa shape index (κ2) is 8.37. The number of aryl methyl sites for hydroxylation is 1. The van der Waals surface area contributed by atoms with Crippen LogP contribution in [0.2, 0.25) is 0 Å². The summed E-state index contributed by atoms with van der Waals surface area (Å²) in [6.45, 7) is 5.27. The van der Waals surface area contributed by atoms with Gasteiger partial charge >= 0.3 is 0 Å². The molecule has 1 aromatic carbocycles. The Morgan fingerprint density at radius 1 is 1.24 bits per heavy atom. The zero-order valence-electron chi connectivity index (χ0n) is 15.8. The Morgan fingerprint density at radius 2 is 2.04 bits per heavy atom. The van der Waals surface area contributed by atoms with Crippen molar-refractivity contribution >= 4 is 6.08 Å². The highest BCUT2D eigenvalue weighted by Gasteiger charge is 2.17. The van der Waals surface area contributed by atoms with E-state index in [9.17, 15) is 0 Å². The van der Waals surface area contributed by atoms with E-state index in [1.165, 1.54) is 54.4 Å². The van der Waals surface area contributed by atoms with Crippen molar-refractivity contribution < 1.29 is 4.74 Å². The minimum atomic E-state index is 0.937. The second-order valence-electron chi connectivity index (χ2n) is 7.03. The van der Waals surface area contributed by atoms with E-state index in [1.54, 1.807) is 7.11 Å².